The third-order valence-electron chi connectivity index (χ3n) is 1.71. The second-order valence-corrected chi connectivity index (χ2v) is 2.78. The van der Waals surface area contributed by atoms with Gasteiger partial charge in [0.1, 0.15) is 0 Å². The van der Waals surface area contributed by atoms with Crippen molar-refractivity contribution in [1.82, 2.24) is 5.32 Å². The number of non-ortho nitro benzene ring substituents is 1. The Morgan fingerprint density at radius 2 is 2.06 bits per heavy atom. The number of nitro groups is 1. The lowest BCUT2D eigenvalue weighted by Crippen LogP contribution is -2.13. The van der Waals surface area contributed by atoms with Gasteiger partial charge in [0.05, 0.1) is 4.92 Å². The summed E-state index contributed by atoms with van der Waals surface area (Å²) in [6.45, 7) is 0. The lowest BCUT2D eigenvalue weighted by atomic mass is 10.2. The van der Waals surface area contributed by atoms with Crippen molar-refractivity contribution >= 4 is 17.7 Å². The second-order valence-electron chi connectivity index (χ2n) is 2.78. The van der Waals surface area contributed by atoms with Crippen molar-refractivity contribution < 1.29 is 9.72 Å². The van der Waals surface area contributed by atoms with Crippen molar-refractivity contribution in [3.63, 3.8) is 0 Å². The zero-order chi connectivity index (χ0) is 12.0. The van der Waals surface area contributed by atoms with Gasteiger partial charge in [-0.25, -0.2) is 0 Å². The normalized spacial score (nSPS) is 9.69. The number of nitrogens with zero attached hydrogens (tertiary/aromatic N) is 2. The van der Waals surface area contributed by atoms with E-state index >= 15 is 0 Å². The smallest absolute Gasteiger partial charge is 0.269 e. The molecule has 6 heteroatoms. The Balaban J connectivity index is 2.73. The van der Waals surface area contributed by atoms with Crippen LogP contribution in [0.1, 0.15) is 5.56 Å². The molecule has 1 aromatic rings. The van der Waals surface area contributed by atoms with Crippen LogP contribution in [0.4, 0.5) is 5.69 Å². The molecule has 0 unspecified atom stereocenters. The van der Waals surface area contributed by atoms with Gasteiger partial charge in [-0.05, 0) is 23.8 Å². The molecule has 0 aliphatic carbocycles. The predicted molar refractivity (Wildman–Crippen MR) is 55.9 cm³/mol. The number of benzene rings is 1. The first-order valence-electron chi connectivity index (χ1n) is 4.25. The zero-order valence-corrected chi connectivity index (χ0v) is 8.08. The van der Waals surface area contributed by atoms with E-state index in [-0.39, 0.29) is 5.69 Å². The highest BCUT2D eigenvalue weighted by Gasteiger charge is 2.02. The van der Waals surface area contributed by atoms with Gasteiger partial charge in [0.2, 0.25) is 0 Å². The fraction of sp³-hybridized carbons (Fsp3) is 0. The Labute approximate surface area is 91.0 Å². The summed E-state index contributed by atoms with van der Waals surface area (Å²) in [4.78, 5) is 20.7. The van der Waals surface area contributed by atoms with Gasteiger partial charge in [0, 0.05) is 18.2 Å². The van der Waals surface area contributed by atoms with E-state index in [9.17, 15) is 14.9 Å². The van der Waals surface area contributed by atoms with Crippen LogP contribution in [0.25, 0.3) is 6.08 Å². The summed E-state index contributed by atoms with van der Waals surface area (Å²) in [5.74, 6) is -0.541. The molecule has 0 aliphatic heterocycles. The number of hydrogen-bond donors (Lipinski definition) is 1. The Bertz CT molecular complexity index is 471. The predicted octanol–water partition coefficient (Wildman–Crippen LogP) is 1.21. The van der Waals surface area contributed by atoms with Crippen LogP contribution < -0.4 is 5.32 Å². The number of nitrogens with one attached hydrogen (secondary N) is 1. The maximum atomic E-state index is 10.9. The first-order valence-corrected chi connectivity index (χ1v) is 4.25. The fourth-order valence-electron chi connectivity index (χ4n) is 0.976. The molecule has 80 valence electrons. The van der Waals surface area contributed by atoms with Crippen LogP contribution in [0.3, 0.4) is 0 Å². The molecule has 0 heterocycles. The highest BCUT2D eigenvalue weighted by molar-refractivity contribution is 5.92. The molecule has 0 fully saturated rings. The van der Waals surface area contributed by atoms with E-state index in [2.05, 4.69) is 0 Å². The number of carbonyl (C=O) groups excluding carboxylic acids is 1. The summed E-state index contributed by atoms with van der Waals surface area (Å²) < 4.78 is 0. The van der Waals surface area contributed by atoms with E-state index in [0.29, 0.717) is 5.56 Å². The zero-order valence-electron chi connectivity index (χ0n) is 8.08. The Morgan fingerprint density at radius 1 is 1.44 bits per heavy atom. The lowest BCUT2D eigenvalue weighted by molar-refractivity contribution is -0.384. The van der Waals surface area contributed by atoms with E-state index in [0.717, 1.165) is 0 Å². The van der Waals surface area contributed by atoms with Crippen LogP contribution in [-0.4, -0.2) is 10.8 Å². The van der Waals surface area contributed by atoms with Crippen molar-refractivity contribution in [2.24, 2.45) is 0 Å². The number of carbonyl (C=O) groups is 1. The van der Waals surface area contributed by atoms with Gasteiger partial charge in [-0.1, -0.05) is 0 Å². The van der Waals surface area contributed by atoms with Crippen LogP contribution >= 0.6 is 0 Å². The van der Waals surface area contributed by atoms with Crippen molar-refractivity contribution in [1.29, 1.82) is 5.26 Å². The van der Waals surface area contributed by atoms with E-state index in [4.69, 9.17) is 5.26 Å². The summed E-state index contributed by atoms with van der Waals surface area (Å²) in [5.41, 5.74) is 0.623. The monoisotopic (exact) mass is 217 g/mol. The van der Waals surface area contributed by atoms with Gasteiger partial charge < -0.3 is 0 Å². The number of hydrogen-bond acceptors (Lipinski definition) is 4. The van der Waals surface area contributed by atoms with E-state index < -0.39 is 10.8 Å². The summed E-state index contributed by atoms with van der Waals surface area (Å²) >= 11 is 0. The van der Waals surface area contributed by atoms with Crippen LogP contribution in [-0.2, 0) is 4.79 Å². The average Bonchev–Trinajstić information content (AvgIpc) is 2.27. The number of nitro benzene ring substituents is 1. The molecule has 0 saturated carbocycles. The van der Waals surface area contributed by atoms with Gasteiger partial charge in [-0.15, -0.1) is 0 Å². The van der Waals surface area contributed by atoms with E-state index in [1.54, 1.807) is 0 Å². The van der Waals surface area contributed by atoms with Crippen LogP contribution in [0.15, 0.2) is 30.3 Å². The number of nitriles is 1. The quantitative estimate of drug-likeness (QED) is 0.270. The Hall–Kier alpha value is -2.68. The van der Waals surface area contributed by atoms with Gasteiger partial charge in [-0.3, -0.25) is 20.2 Å². The topological polar surface area (TPSA) is 96.0 Å². The summed E-state index contributed by atoms with van der Waals surface area (Å²) in [5, 5.41) is 20.4. The van der Waals surface area contributed by atoms with Gasteiger partial charge in [0.15, 0.2) is 6.19 Å². The van der Waals surface area contributed by atoms with Crippen molar-refractivity contribution in [2.45, 2.75) is 0 Å². The molecule has 0 spiro atoms. The standard InChI is InChI=1S/C10H7N3O3/c11-7-12-10(14)6-3-8-1-4-9(5-2-8)13(15)16/h1-6H,(H,12,14). The largest absolute Gasteiger partial charge is 0.269 e. The second kappa shape index (κ2) is 5.26. The van der Waals surface area contributed by atoms with Crippen molar-refractivity contribution in [2.75, 3.05) is 0 Å². The van der Waals surface area contributed by atoms with Crippen LogP contribution in [0.5, 0.6) is 0 Å². The molecule has 0 bridgehead atoms. The van der Waals surface area contributed by atoms with E-state index in [1.807, 2.05) is 5.32 Å². The van der Waals surface area contributed by atoms with Gasteiger partial charge in [0.25, 0.3) is 11.6 Å². The Kier molecular flexibility index (Phi) is 3.75. The molecule has 1 amide bonds. The van der Waals surface area contributed by atoms with Crippen LogP contribution in [0.2, 0.25) is 0 Å². The van der Waals surface area contributed by atoms with E-state index in [1.165, 1.54) is 42.6 Å². The average molecular weight is 217 g/mol. The SMILES string of the molecule is N#CNC(=O)C=Cc1ccc([N+](=O)[O-])cc1. The van der Waals surface area contributed by atoms with Crippen LogP contribution in [0, 0.1) is 21.6 Å². The first kappa shape index (κ1) is 11.4. The molecular weight excluding hydrogens is 210 g/mol. The molecule has 1 N–H and O–H groups in total. The van der Waals surface area contributed by atoms with Crippen molar-refractivity contribution in [3.8, 4) is 6.19 Å². The molecule has 0 aromatic heterocycles. The summed E-state index contributed by atoms with van der Waals surface area (Å²) in [7, 11) is 0. The van der Waals surface area contributed by atoms with Crippen molar-refractivity contribution in [3.05, 3.63) is 46.0 Å². The minimum atomic E-state index is -0.541. The molecule has 1 rings (SSSR count). The first-order chi connectivity index (χ1) is 7.63. The third-order valence-corrected chi connectivity index (χ3v) is 1.71. The highest BCUT2D eigenvalue weighted by Crippen LogP contribution is 2.12. The Morgan fingerprint density at radius 3 is 2.56 bits per heavy atom. The fourth-order valence-corrected chi connectivity index (χ4v) is 0.976. The molecular formula is C10H7N3O3. The van der Waals surface area contributed by atoms with Gasteiger partial charge >= 0.3 is 0 Å². The minimum absolute atomic E-state index is 0.0152. The molecule has 1 aromatic carbocycles. The number of amides is 1. The minimum Gasteiger partial charge on any atom is -0.269 e. The summed E-state index contributed by atoms with van der Waals surface area (Å²) in [6, 6.07) is 5.69. The molecule has 0 aliphatic rings. The molecule has 16 heavy (non-hydrogen) atoms. The summed E-state index contributed by atoms with van der Waals surface area (Å²) in [6.07, 6.45) is 4.11. The molecule has 0 saturated heterocycles. The highest BCUT2D eigenvalue weighted by atomic mass is 16.6. The van der Waals surface area contributed by atoms with Gasteiger partial charge in [-0.2, -0.15) is 5.26 Å². The lowest BCUT2D eigenvalue weighted by Gasteiger charge is -1.93. The molecule has 0 radical (unpaired) electrons. The molecule has 0 atom stereocenters. The third kappa shape index (κ3) is 3.23. The maximum absolute atomic E-state index is 10.9. The molecule has 6 nitrogen and oxygen atoms in total. The maximum Gasteiger partial charge on any atom is 0.269 e. The number of rotatable bonds is 3.